The van der Waals surface area contributed by atoms with Crippen molar-refractivity contribution in [3.63, 3.8) is 0 Å². The maximum atomic E-state index is 12.4. The maximum absolute atomic E-state index is 12.4. The minimum Gasteiger partial charge on any atom is -0.497 e. The lowest BCUT2D eigenvalue weighted by atomic mass is 10.2. The topological polar surface area (TPSA) is 65.8 Å². The molecule has 0 aliphatic carbocycles. The number of piperazine rings is 1. The molecule has 0 radical (unpaired) electrons. The maximum Gasteiger partial charge on any atom is 0.260 e. The second-order valence-corrected chi connectivity index (χ2v) is 6.52. The Hall–Kier alpha value is -2.91. The highest BCUT2D eigenvalue weighted by molar-refractivity contribution is 6.32. The van der Waals surface area contributed by atoms with E-state index in [9.17, 15) is 4.79 Å². The summed E-state index contributed by atoms with van der Waals surface area (Å²) in [4.78, 5) is 16.4. The molecule has 0 saturated carbocycles. The van der Waals surface area contributed by atoms with Crippen molar-refractivity contribution in [2.45, 2.75) is 0 Å². The molecule has 140 valence electrons. The summed E-state index contributed by atoms with van der Waals surface area (Å²) in [6.07, 6.45) is 0. The van der Waals surface area contributed by atoms with E-state index in [0.717, 1.165) is 24.5 Å². The van der Waals surface area contributed by atoms with Gasteiger partial charge in [0.25, 0.3) is 5.91 Å². The first-order valence-corrected chi connectivity index (χ1v) is 8.97. The van der Waals surface area contributed by atoms with Crippen LogP contribution in [0.15, 0.2) is 42.5 Å². The second-order valence-electron chi connectivity index (χ2n) is 6.11. The quantitative estimate of drug-likeness (QED) is 0.791. The average Bonchev–Trinajstić information content (AvgIpc) is 2.72. The lowest BCUT2D eigenvalue weighted by Crippen LogP contribution is -2.50. The molecule has 1 aliphatic rings. The summed E-state index contributed by atoms with van der Waals surface area (Å²) in [6, 6.07) is 14.7. The van der Waals surface area contributed by atoms with E-state index in [1.54, 1.807) is 24.1 Å². The molecule has 2 aromatic rings. The lowest BCUT2D eigenvalue weighted by molar-refractivity contribution is -0.133. The highest BCUT2D eigenvalue weighted by Gasteiger charge is 2.22. The molecule has 27 heavy (non-hydrogen) atoms. The van der Waals surface area contributed by atoms with E-state index >= 15 is 0 Å². The fourth-order valence-corrected chi connectivity index (χ4v) is 3.16. The van der Waals surface area contributed by atoms with Crippen LogP contribution >= 0.6 is 11.6 Å². The summed E-state index contributed by atoms with van der Waals surface area (Å²) in [5.41, 5.74) is 1.57. The van der Waals surface area contributed by atoms with Gasteiger partial charge in [0.2, 0.25) is 0 Å². The fraction of sp³-hybridized carbons (Fsp3) is 0.300. The summed E-state index contributed by atoms with van der Waals surface area (Å²) >= 11 is 6.07. The van der Waals surface area contributed by atoms with Crippen LogP contribution in [0.3, 0.4) is 0 Å². The van der Waals surface area contributed by atoms with Gasteiger partial charge in [-0.25, -0.2) is 0 Å². The van der Waals surface area contributed by atoms with E-state index in [0.29, 0.717) is 29.4 Å². The lowest BCUT2D eigenvalue weighted by Gasteiger charge is -2.36. The van der Waals surface area contributed by atoms with Gasteiger partial charge in [-0.1, -0.05) is 11.6 Å². The van der Waals surface area contributed by atoms with E-state index in [-0.39, 0.29) is 12.5 Å². The number of amides is 1. The van der Waals surface area contributed by atoms with Gasteiger partial charge in [-0.3, -0.25) is 4.79 Å². The van der Waals surface area contributed by atoms with Crippen molar-refractivity contribution in [1.29, 1.82) is 5.26 Å². The van der Waals surface area contributed by atoms with Crippen molar-refractivity contribution in [3.05, 3.63) is 53.1 Å². The van der Waals surface area contributed by atoms with Gasteiger partial charge < -0.3 is 19.3 Å². The molecular formula is C20H20ClN3O3. The smallest absolute Gasteiger partial charge is 0.260 e. The van der Waals surface area contributed by atoms with Crippen LogP contribution in [-0.2, 0) is 4.79 Å². The summed E-state index contributed by atoms with van der Waals surface area (Å²) in [7, 11) is 1.65. The van der Waals surface area contributed by atoms with E-state index < -0.39 is 0 Å². The van der Waals surface area contributed by atoms with Crippen LogP contribution in [0, 0.1) is 11.3 Å². The largest absolute Gasteiger partial charge is 0.497 e. The summed E-state index contributed by atoms with van der Waals surface area (Å²) in [5.74, 6) is 1.15. The molecule has 1 saturated heterocycles. The molecule has 1 fully saturated rings. The van der Waals surface area contributed by atoms with Gasteiger partial charge in [-0.2, -0.15) is 5.26 Å². The number of hydrogen-bond acceptors (Lipinski definition) is 5. The molecular weight excluding hydrogens is 366 g/mol. The van der Waals surface area contributed by atoms with Gasteiger partial charge in [0.1, 0.15) is 11.5 Å². The molecule has 0 bridgehead atoms. The Balaban J connectivity index is 1.50. The summed E-state index contributed by atoms with van der Waals surface area (Å²) in [6.45, 7) is 2.71. The molecule has 1 aliphatic heterocycles. The van der Waals surface area contributed by atoms with E-state index in [1.807, 2.05) is 30.3 Å². The number of ether oxygens (including phenoxy) is 2. The third-order valence-corrected chi connectivity index (χ3v) is 4.78. The number of benzene rings is 2. The molecule has 0 spiro atoms. The predicted octanol–water partition coefficient (Wildman–Crippen LogP) is 2.95. The van der Waals surface area contributed by atoms with Gasteiger partial charge in [-0.05, 0) is 42.5 Å². The van der Waals surface area contributed by atoms with Gasteiger partial charge in [0.15, 0.2) is 6.61 Å². The van der Waals surface area contributed by atoms with Crippen LogP contribution < -0.4 is 14.4 Å². The predicted molar refractivity (Wildman–Crippen MR) is 103 cm³/mol. The zero-order valence-electron chi connectivity index (χ0n) is 15.0. The Morgan fingerprint density at radius 2 is 1.85 bits per heavy atom. The highest BCUT2D eigenvalue weighted by atomic mass is 35.5. The first-order chi connectivity index (χ1) is 13.1. The molecule has 1 heterocycles. The van der Waals surface area contributed by atoms with Gasteiger partial charge in [0, 0.05) is 31.9 Å². The Bertz CT molecular complexity index is 841. The number of carbonyl (C=O) groups excluding carboxylic acids is 1. The normalized spacial score (nSPS) is 13.8. The Morgan fingerprint density at radius 1 is 1.15 bits per heavy atom. The van der Waals surface area contributed by atoms with Crippen molar-refractivity contribution < 1.29 is 14.3 Å². The van der Waals surface area contributed by atoms with Crippen molar-refractivity contribution in [2.75, 3.05) is 44.8 Å². The molecule has 0 N–H and O–H groups in total. The van der Waals surface area contributed by atoms with Crippen LogP contribution in [0.2, 0.25) is 5.02 Å². The standard InChI is InChI=1S/C20H20ClN3O3/c1-26-17-5-3-16(4-6-17)23-8-10-24(11-9-23)20(25)14-27-19-7-2-15(13-22)12-18(19)21/h2-7,12H,8-11,14H2,1H3. The van der Waals surface area contributed by atoms with Gasteiger partial charge >= 0.3 is 0 Å². The van der Waals surface area contributed by atoms with E-state index in [2.05, 4.69) is 4.90 Å². The molecule has 0 aromatic heterocycles. The van der Waals surface area contributed by atoms with E-state index in [4.69, 9.17) is 26.3 Å². The van der Waals surface area contributed by atoms with Crippen LogP contribution in [0.25, 0.3) is 0 Å². The zero-order valence-corrected chi connectivity index (χ0v) is 15.8. The van der Waals surface area contributed by atoms with Crippen molar-refractivity contribution in [1.82, 2.24) is 4.90 Å². The van der Waals surface area contributed by atoms with E-state index in [1.165, 1.54) is 6.07 Å². The number of halogens is 1. The van der Waals surface area contributed by atoms with Crippen molar-refractivity contribution in [3.8, 4) is 17.6 Å². The van der Waals surface area contributed by atoms with Crippen LogP contribution in [0.4, 0.5) is 5.69 Å². The third kappa shape index (κ3) is 4.63. The van der Waals surface area contributed by atoms with Gasteiger partial charge in [-0.15, -0.1) is 0 Å². The molecule has 2 aromatic carbocycles. The Morgan fingerprint density at radius 3 is 2.44 bits per heavy atom. The van der Waals surface area contributed by atoms with Crippen molar-refractivity contribution in [2.24, 2.45) is 0 Å². The molecule has 7 heteroatoms. The number of hydrogen-bond donors (Lipinski definition) is 0. The molecule has 6 nitrogen and oxygen atoms in total. The summed E-state index contributed by atoms with van der Waals surface area (Å²) < 4.78 is 10.7. The summed E-state index contributed by atoms with van der Waals surface area (Å²) in [5, 5.41) is 9.18. The number of methoxy groups -OCH3 is 1. The zero-order chi connectivity index (χ0) is 19.2. The Labute approximate surface area is 163 Å². The minimum atomic E-state index is -0.0789. The number of nitriles is 1. The minimum absolute atomic E-state index is 0.0752. The third-order valence-electron chi connectivity index (χ3n) is 4.48. The van der Waals surface area contributed by atoms with Crippen LogP contribution in [-0.4, -0.2) is 50.7 Å². The number of nitrogens with zero attached hydrogens (tertiary/aromatic N) is 3. The molecule has 1 amide bonds. The number of anilines is 1. The van der Waals surface area contributed by atoms with Gasteiger partial charge in [0.05, 0.1) is 23.8 Å². The van der Waals surface area contributed by atoms with Crippen LogP contribution in [0.5, 0.6) is 11.5 Å². The number of carbonyl (C=O) groups is 1. The molecule has 3 rings (SSSR count). The van der Waals surface area contributed by atoms with Crippen molar-refractivity contribution >= 4 is 23.2 Å². The highest BCUT2D eigenvalue weighted by Crippen LogP contribution is 2.25. The second kappa shape index (κ2) is 8.65. The molecule has 0 atom stereocenters. The number of rotatable bonds is 5. The fourth-order valence-electron chi connectivity index (χ4n) is 2.93. The first-order valence-electron chi connectivity index (χ1n) is 8.60. The monoisotopic (exact) mass is 385 g/mol. The first kappa shape index (κ1) is 18.9. The SMILES string of the molecule is COc1ccc(N2CCN(C(=O)COc3ccc(C#N)cc3Cl)CC2)cc1. The molecule has 0 unspecified atom stereocenters. The Kier molecular flexibility index (Phi) is 6.05. The van der Waals surface area contributed by atoms with Crippen LogP contribution in [0.1, 0.15) is 5.56 Å². The average molecular weight is 386 g/mol.